The van der Waals surface area contributed by atoms with Gasteiger partial charge in [0.2, 0.25) is 11.6 Å². The Kier molecular flexibility index (Phi) is 7.22. The van der Waals surface area contributed by atoms with Crippen molar-refractivity contribution in [3.63, 3.8) is 0 Å². The van der Waals surface area contributed by atoms with Crippen LogP contribution in [0.1, 0.15) is 30.1 Å². The normalized spacial score (nSPS) is 20.1. The molecule has 0 saturated heterocycles. The number of amidine groups is 1. The average Bonchev–Trinajstić information content (AvgIpc) is 3.32. The van der Waals surface area contributed by atoms with Gasteiger partial charge < -0.3 is 30.2 Å². The lowest BCUT2D eigenvalue weighted by molar-refractivity contribution is -0.147. The van der Waals surface area contributed by atoms with Crippen molar-refractivity contribution in [2.24, 2.45) is 16.6 Å². The van der Waals surface area contributed by atoms with Gasteiger partial charge in [-0.15, -0.1) is 0 Å². The third-order valence-corrected chi connectivity index (χ3v) is 6.63. The highest BCUT2D eigenvalue weighted by atomic mass is 19.1. The van der Waals surface area contributed by atoms with E-state index in [1.807, 2.05) is 11.9 Å². The van der Waals surface area contributed by atoms with Crippen LogP contribution < -0.4 is 19.9 Å². The Balaban J connectivity index is 1.44. The maximum absolute atomic E-state index is 15.5. The standard InChI is InChI=1S/C27H25F2N5O6/c1-34-7-6-32-25(34)17-11-15(38-16-8-14(9-16)27(36)37)3-5-20(17)39-23-18(28)12-33-26(22(23)29)40-21-10-13(24(30)31)2-4-19(21)35/h2-6,10-12,14,16,25,35H,7-9H2,1H3,(H3,30,31)(H,36,37). The van der Waals surface area contributed by atoms with Gasteiger partial charge in [-0.2, -0.15) is 4.39 Å². The Bertz CT molecular complexity index is 1510. The molecule has 1 fully saturated rings. The minimum absolute atomic E-state index is 0.0941. The van der Waals surface area contributed by atoms with Crippen molar-refractivity contribution in [3.05, 3.63) is 65.4 Å². The first-order valence-electron chi connectivity index (χ1n) is 12.2. The summed E-state index contributed by atoms with van der Waals surface area (Å²) in [4.78, 5) is 21.1. The number of phenolic OH excluding ortho intramolecular Hbond substituents is 1. The average molecular weight is 554 g/mol. The number of nitrogens with one attached hydrogen (secondary N) is 1. The van der Waals surface area contributed by atoms with E-state index in [-0.39, 0.29) is 34.8 Å². The summed E-state index contributed by atoms with van der Waals surface area (Å²) in [7, 11) is 1.82. The number of aromatic hydroxyl groups is 1. The fraction of sp³-hybridized carbons (Fsp3) is 0.259. The molecule has 0 radical (unpaired) electrons. The molecule has 5 rings (SSSR count). The third kappa shape index (κ3) is 5.36. The van der Waals surface area contributed by atoms with Gasteiger partial charge in [0.05, 0.1) is 12.1 Å². The molecule has 1 saturated carbocycles. The van der Waals surface area contributed by atoms with Crippen molar-refractivity contribution in [1.82, 2.24) is 9.88 Å². The molecule has 0 spiro atoms. The number of ether oxygens (including phenoxy) is 3. The number of aliphatic imine (C=N–C) groups is 1. The van der Waals surface area contributed by atoms with E-state index in [9.17, 15) is 14.3 Å². The van der Waals surface area contributed by atoms with E-state index in [2.05, 4.69) is 9.98 Å². The summed E-state index contributed by atoms with van der Waals surface area (Å²) in [6, 6.07) is 8.50. The molecule has 5 N–H and O–H groups in total. The molecule has 208 valence electrons. The maximum Gasteiger partial charge on any atom is 0.306 e. The predicted octanol–water partition coefficient (Wildman–Crippen LogP) is 4.19. The van der Waals surface area contributed by atoms with E-state index in [4.69, 9.17) is 30.5 Å². The van der Waals surface area contributed by atoms with Crippen molar-refractivity contribution in [1.29, 1.82) is 5.41 Å². The van der Waals surface area contributed by atoms with E-state index < -0.39 is 41.3 Å². The summed E-state index contributed by atoms with van der Waals surface area (Å²) in [5, 5.41) is 26.8. The summed E-state index contributed by atoms with van der Waals surface area (Å²) in [5.41, 5.74) is 6.14. The smallest absolute Gasteiger partial charge is 0.306 e. The number of carbonyl (C=O) groups is 1. The van der Waals surface area contributed by atoms with Gasteiger partial charge in [-0.3, -0.25) is 20.1 Å². The molecule has 1 aliphatic carbocycles. The number of hydrogen-bond acceptors (Lipinski definition) is 9. The van der Waals surface area contributed by atoms with Gasteiger partial charge in [-0.1, -0.05) is 0 Å². The first kappa shape index (κ1) is 26.8. The van der Waals surface area contributed by atoms with E-state index in [1.54, 1.807) is 18.3 Å². The summed E-state index contributed by atoms with van der Waals surface area (Å²) < 4.78 is 47.3. The van der Waals surface area contributed by atoms with Crippen molar-refractivity contribution >= 4 is 18.0 Å². The molecule has 1 atom stereocenters. The molecule has 1 aromatic heterocycles. The van der Waals surface area contributed by atoms with E-state index in [1.165, 1.54) is 24.3 Å². The lowest BCUT2D eigenvalue weighted by Gasteiger charge is -2.32. The van der Waals surface area contributed by atoms with Crippen LogP contribution in [0.25, 0.3) is 0 Å². The predicted molar refractivity (Wildman–Crippen MR) is 139 cm³/mol. The second kappa shape index (κ2) is 10.8. The maximum atomic E-state index is 15.5. The summed E-state index contributed by atoms with van der Waals surface area (Å²) in [6.45, 7) is 0.539. The second-order valence-corrected chi connectivity index (χ2v) is 9.45. The van der Waals surface area contributed by atoms with Crippen LogP contribution in [0, 0.1) is 23.0 Å². The summed E-state index contributed by atoms with van der Waals surface area (Å²) in [5.74, 6) is -5.55. The number of aliphatic carboxylic acids is 1. The van der Waals surface area contributed by atoms with Crippen LogP contribution in [0.15, 0.2) is 47.6 Å². The Hall–Kier alpha value is -4.78. The zero-order chi connectivity index (χ0) is 28.6. The number of pyridine rings is 1. The third-order valence-electron chi connectivity index (χ3n) is 6.63. The van der Waals surface area contributed by atoms with Crippen LogP contribution in [-0.2, 0) is 4.79 Å². The molecule has 1 aliphatic heterocycles. The van der Waals surface area contributed by atoms with E-state index in [0.29, 0.717) is 36.9 Å². The molecule has 0 amide bonds. The van der Waals surface area contributed by atoms with Crippen LogP contribution in [0.2, 0.25) is 0 Å². The topological polar surface area (TPSA) is 164 Å². The van der Waals surface area contributed by atoms with Gasteiger partial charge in [0, 0.05) is 23.9 Å². The van der Waals surface area contributed by atoms with Gasteiger partial charge >= 0.3 is 5.97 Å². The summed E-state index contributed by atoms with van der Waals surface area (Å²) >= 11 is 0. The molecule has 40 heavy (non-hydrogen) atoms. The number of carboxylic acids is 1. The van der Waals surface area contributed by atoms with Crippen molar-refractivity contribution < 1.29 is 38.0 Å². The van der Waals surface area contributed by atoms with E-state index >= 15 is 4.39 Å². The van der Waals surface area contributed by atoms with Crippen LogP contribution in [0.3, 0.4) is 0 Å². The quantitative estimate of drug-likeness (QED) is 0.225. The monoisotopic (exact) mass is 553 g/mol. The molecule has 0 bridgehead atoms. The molecule has 2 aromatic carbocycles. The lowest BCUT2D eigenvalue weighted by atomic mass is 9.82. The van der Waals surface area contributed by atoms with Crippen LogP contribution in [-0.4, -0.2) is 57.8 Å². The molecule has 13 heteroatoms. The number of nitrogen functional groups attached to an aromatic ring is 1. The van der Waals surface area contributed by atoms with Crippen molar-refractivity contribution in [2.75, 3.05) is 13.6 Å². The number of hydrogen-bond donors (Lipinski definition) is 4. The van der Waals surface area contributed by atoms with Gasteiger partial charge in [-0.05, 0) is 56.3 Å². The SMILES string of the molecule is CN1CC=NC1c1cc(OC2CC(C(=O)O)C2)ccc1Oc1c(F)cnc(Oc2cc(C(=N)N)ccc2O)c1F. The molecule has 3 aromatic rings. The lowest BCUT2D eigenvalue weighted by Crippen LogP contribution is -2.38. The number of nitrogens with zero attached hydrogens (tertiary/aromatic N) is 3. The Morgan fingerprint density at radius 1 is 1.15 bits per heavy atom. The first-order chi connectivity index (χ1) is 19.1. The number of nitrogens with two attached hydrogens (primary N) is 1. The van der Waals surface area contributed by atoms with Gasteiger partial charge in [-0.25, -0.2) is 9.37 Å². The molecular formula is C27H25F2N5O6. The second-order valence-electron chi connectivity index (χ2n) is 9.45. The van der Waals surface area contributed by atoms with Crippen LogP contribution in [0.4, 0.5) is 8.78 Å². The minimum Gasteiger partial charge on any atom is -0.504 e. The number of aromatic nitrogens is 1. The number of halogens is 2. The molecular weight excluding hydrogens is 528 g/mol. The van der Waals surface area contributed by atoms with Gasteiger partial charge in [0.1, 0.15) is 29.6 Å². The summed E-state index contributed by atoms with van der Waals surface area (Å²) in [6.07, 6.45) is 2.38. The molecule has 2 aliphatic rings. The fourth-order valence-corrected chi connectivity index (χ4v) is 4.33. The zero-order valence-electron chi connectivity index (χ0n) is 21.2. The van der Waals surface area contributed by atoms with Gasteiger partial charge in [0.25, 0.3) is 5.88 Å². The molecule has 2 heterocycles. The highest BCUT2D eigenvalue weighted by Gasteiger charge is 2.36. The minimum atomic E-state index is -1.27. The number of carboxylic acid groups (broad SMARTS) is 1. The van der Waals surface area contributed by atoms with Crippen molar-refractivity contribution in [3.8, 4) is 34.6 Å². The van der Waals surface area contributed by atoms with Crippen LogP contribution in [0.5, 0.6) is 34.6 Å². The van der Waals surface area contributed by atoms with E-state index in [0.717, 1.165) is 0 Å². The van der Waals surface area contributed by atoms with Crippen molar-refractivity contribution in [2.45, 2.75) is 25.1 Å². The Morgan fingerprint density at radius 2 is 1.93 bits per heavy atom. The van der Waals surface area contributed by atoms with Crippen LogP contribution >= 0.6 is 0 Å². The number of rotatable bonds is 9. The fourth-order valence-electron chi connectivity index (χ4n) is 4.33. The first-order valence-corrected chi connectivity index (χ1v) is 12.2. The largest absolute Gasteiger partial charge is 0.504 e. The highest BCUT2D eigenvalue weighted by molar-refractivity contribution is 5.95. The molecule has 11 nitrogen and oxygen atoms in total. The highest BCUT2D eigenvalue weighted by Crippen LogP contribution is 2.41. The number of benzene rings is 2. The zero-order valence-corrected chi connectivity index (χ0v) is 21.2. The number of phenols is 1. The van der Waals surface area contributed by atoms with Gasteiger partial charge in [0.15, 0.2) is 17.3 Å². The Labute approximate surface area is 227 Å². The Morgan fingerprint density at radius 3 is 2.60 bits per heavy atom. The molecule has 1 unspecified atom stereocenters.